The molecule has 1 saturated carbocycles. The number of carbonyl (C=O) groups is 2. The molecule has 3 atom stereocenters. The Morgan fingerprint density at radius 2 is 2.06 bits per heavy atom. The number of rotatable bonds is 4. The number of amides is 1. The Hall–Kier alpha value is -1.10. The second-order valence-corrected chi connectivity index (χ2v) is 5.85. The van der Waals surface area contributed by atoms with Crippen molar-refractivity contribution in [3.05, 3.63) is 0 Å². The summed E-state index contributed by atoms with van der Waals surface area (Å²) in [6, 6.07) is 0. The van der Waals surface area contributed by atoms with Gasteiger partial charge < -0.3 is 15.2 Å². The van der Waals surface area contributed by atoms with Gasteiger partial charge in [-0.05, 0) is 24.7 Å². The molecule has 1 aliphatic carbocycles. The van der Waals surface area contributed by atoms with E-state index in [0.717, 1.165) is 25.9 Å². The van der Waals surface area contributed by atoms with E-state index in [1.54, 1.807) is 0 Å². The highest BCUT2D eigenvalue weighted by Gasteiger charge is 2.65. The number of nitrogens with one attached hydrogen (secondary N) is 1. The van der Waals surface area contributed by atoms with Crippen molar-refractivity contribution >= 4 is 11.9 Å². The fourth-order valence-electron chi connectivity index (χ4n) is 2.88. The molecule has 2 rings (SSSR count). The van der Waals surface area contributed by atoms with Crippen LogP contribution in [0.5, 0.6) is 0 Å². The molecule has 2 N–H and O–H groups in total. The molecule has 5 nitrogen and oxygen atoms in total. The van der Waals surface area contributed by atoms with E-state index in [2.05, 4.69) is 5.32 Å². The van der Waals surface area contributed by atoms with Crippen molar-refractivity contribution in [2.24, 2.45) is 17.3 Å². The Labute approximate surface area is 107 Å². The zero-order valence-electron chi connectivity index (χ0n) is 10.9. The van der Waals surface area contributed by atoms with Crippen LogP contribution in [0.4, 0.5) is 0 Å². The largest absolute Gasteiger partial charge is 0.481 e. The van der Waals surface area contributed by atoms with Gasteiger partial charge in [-0.15, -0.1) is 0 Å². The second kappa shape index (κ2) is 4.88. The number of carbonyl (C=O) groups excluding carboxylic acids is 1. The van der Waals surface area contributed by atoms with Gasteiger partial charge in [-0.2, -0.15) is 0 Å². The van der Waals surface area contributed by atoms with Gasteiger partial charge in [0.1, 0.15) is 0 Å². The molecule has 1 saturated heterocycles. The normalized spacial score (nSPS) is 33.8. The fourth-order valence-corrected chi connectivity index (χ4v) is 2.88. The lowest BCUT2D eigenvalue weighted by Gasteiger charge is -2.22. The summed E-state index contributed by atoms with van der Waals surface area (Å²) in [5.41, 5.74) is -0.427. The second-order valence-electron chi connectivity index (χ2n) is 5.85. The molecule has 18 heavy (non-hydrogen) atoms. The first-order chi connectivity index (χ1) is 8.44. The van der Waals surface area contributed by atoms with E-state index in [9.17, 15) is 9.59 Å². The number of hydrogen-bond donors (Lipinski definition) is 2. The number of aliphatic carboxylic acids is 1. The topological polar surface area (TPSA) is 75.6 Å². The quantitative estimate of drug-likeness (QED) is 0.786. The fraction of sp³-hybridized carbons (Fsp3) is 0.846. The zero-order chi connectivity index (χ0) is 13.3. The van der Waals surface area contributed by atoms with Gasteiger partial charge in [-0.3, -0.25) is 9.59 Å². The molecule has 1 heterocycles. The van der Waals surface area contributed by atoms with Gasteiger partial charge in [-0.1, -0.05) is 13.8 Å². The van der Waals surface area contributed by atoms with Crippen LogP contribution in [-0.2, 0) is 14.3 Å². The van der Waals surface area contributed by atoms with Crippen molar-refractivity contribution in [2.75, 3.05) is 13.2 Å². The van der Waals surface area contributed by atoms with Crippen LogP contribution >= 0.6 is 0 Å². The van der Waals surface area contributed by atoms with Gasteiger partial charge in [0.25, 0.3) is 0 Å². The predicted molar refractivity (Wildman–Crippen MR) is 65.0 cm³/mol. The van der Waals surface area contributed by atoms with Crippen LogP contribution in [-0.4, -0.2) is 36.2 Å². The van der Waals surface area contributed by atoms with Crippen LogP contribution in [0.15, 0.2) is 0 Å². The summed E-state index contributed by atoms with van der Waals surface area (Å²) >= 11 is 0. The van der Waals surface area contributed by atoms with Gasteiger partial charge in [0.05, 0.1) is 17.9 Å². The number of carboxylic acids is 1. The van der Waals surface area contributed by atoms with Crippen LogP contribution in [0.25, 0.3) is 0 Å². The molecular weight excluding hydrogens is 234 g/mol. The third kappa shape index (κ3) is 2.51. The smallest absolute Gasteiger partial charge is 0.307 e. The first-order valence-electron chi connectivity index (χ1n) is 6.56. The van der Waals surface area contributed by atoms with E-state index in [0.29, 0.717) is 6.54 Å². The summed E-state index contributed by atoms with van der Waals surface area (Å²) in [6.45, 7) is 4.91. The molecule has 2 fully saturated rings. The van der Waals surface area contributed by atoms with Gasteiger partial charge in [0.15, 0.2) is 0 Å². The monoisotopic (exact) mass is 255 g/mol. The molecule has 1 amide bonds. The average molecular weight is 255 g/mol. The molecular formula is C13H21NO4. The SMILES string of the molecule is CC1(C)[C@H](C(=O)O)[C@@H]1C(=O)NCC1CCCCO1. The lowest BCUT2D eigenvalue weighted by atomic mass is 10.1. The van der Waals surface area contributed by atoms with E-state index < -0.39 is 23.2 Å². The van der Waals surface area contributed by atoms with Crippen molar-refractivity contribution in [1.29, 1.82) is 0 Å². The van der Waals surface area contributed by atoms with E-state index in [4.69, 9.17) is 9.84 Å². The van der Waals surface area contributed by atoms with Crippen molar-refractivity contribution in [2.45, 2.75) is 39.2 Å². The van der Waals surface area contributed by atoms with Crippen molar-refractivity contribution in [3.8, 4) is 0 Å². The summed E-state index contributed by atoms with van der Waals surface area (Å²) in [4.78, 5) is 22.9. The van der Waals surface area contributed by atoms with Crippen molar-refractivity contribution < 1.29 is 19.4 Å². The van der Waals surface area contributed by atoms with Crippen LogP contribution in [0.3, 0.4) is 0 Å². The Bertz CT molecular complexity index is 347. The van der Waals surface area contributed by atoms with E-state index >= 15 is 0 Å². The summed E-state index contributed by atoms with van der Waals surface area (Å²) < 4.78 is 5.52. The van der Waals surface area contributed by atoms with Gasteiger partial charge in [-0.25, -0.2) is 0 Å². The molecule has 0 aromatic rings. The van der Waals surface area contributed by atoms with Crippen LogP contribution in [0.2, 0.25) is 0 Å². The van der Waals surface area contributed by atoms with Crippen molar-refractivity contribution in [3.63, 3.8) is 0 Å². The molecule has 0 spiro atoms. The predicted octanol–water partition coefficient (Wildman–Crippen LogP) is 1.03. The lowest BCUT2D eigenvalue weighted by molar-refractivity contribution is -0.140. The molecule has 0 aromatic carbocycles. The Balaban J connectivity index is 1.80. The molecule has 2 aliphatic rings. The molecule has 0 aromatic heterocycles. The minimum atomic E-state index is -0.880. The summed E-state index contributed by atoms with van der Waals surface area (Å²) in [5, 5.41) is 11.8. The molecule has 1 unspecified atom stereocenters. The van der Waals surface area contributed by atoms with Crippen molar-refractivity contribution in [1.82, 2.24) is 5.32 Å². The highest BCUT2D eigenvalue weighted by atomic mass is 16.5. The van der Waals surface area contributed by atoms with Gasteiger partial charge in [0.2, 0.25) is 5.91 Å². The average Bonchev–Trinajstić information content (AvgIpc) is 2.91. The lowest BCUT2D eigenvalue weighted by Crippen LogP contribution is -2.37. The highest BCUT2D eigenvalue weighted by molar-refractivity contribution is 5.91. The molecule has 5 heteroatoms. The molecule has 1 aliphatic heterocycles. The van der Waals surface area contributed by atoms with Crippen LogP contribution < -0.4 is 5.32 Å². The first kappa shape index (κ1) is 13.3. The van der Waals surface area contributed by atoms with Gasteiger partial charge in [0, 0.05) is 13.2 Å². The highest BCUT2D eigenvalue weighted by Crippen LogP contribution is 2.58. The van der Waals surface area contributed by atoms with E-state index in [1.807, 2.05) is 13.8 Å². The summed E-state index contributed by atoms with van der Waals surface area (Å²) in [5.74, 6) is -1.99. The number of ether oxygens (including phenoxy) is 1. The van der Waals surface area contributed by atoms with E-state index in [1.165, 1.54) is 0 Å². The maximum Gasteiger partial charge on any atom is 0.307 e. The molecule has 102 valence electrons. The maximum absolute atomic E-state index is 11.9. The number of hydrogen-bond acceptors (Lipinski definition) is 3. The first-order valence-corrected chi connectivity index (χ1v) is 6.56. The summed E-state index contributed by atoms with van der Waals surface area (Å²) in [7, 11) is 0. The third-order valence-corrected chi connectivity index (χ3v) is 4.15. The van der Waals surface area contributed by atoms with E-state index in [-0.39, 0.29) is 12.0 Å². The maximum atomic E-state index is 11.9. The Morgan fingerprint density at radius 3 is 2.56 bits per heavy atom. The zero-order valence-corrected chi connectivity index (χ0v) is 10.9. The van der Waals surface area contributed by atoms with Crippen LogP contribution in [0, 0.1) is 17.3 Å². The van der Waals surface area contributed by atoms with Crippen LogP contribution in [0.1, 0.15) is 33.1 Å². The molecule has 0 bridgehead atoms. The van der Waals surface area contributed by atoms with Gasteiger partial charge >= 0.3 is 5.97 Å². The number of carboxylic acid groups (broad SMARTS) is 1. The molecule has 0 radical (unpaired) electrons. The third-order valence-electron chi connectivity index (χ3n) is 4.15. The summed E-state index contributed by atoms with van der Waals surface area (Å²) in [6.07, 6.45) is 3.28. The minimum absolute atomic E-state index is 0.0906. The Morgan fingerprint density at radius 1 is 1.33 bits per heavy atom. The minimum Gasteiger partial charge on any atom is -0.481 e. The Kier molecular flexibility index (Phi) is 3.61. The standard InChI is InChI=1S/C13H21NO4/c1-13(2)9(10(13)12(16)17)11(15)14-7-8-5-3-4-6-18-8/h8-10H,3-7H2,1-2H3,(H,14,15)(H,16,17)/t8?,9-,10+/m1/s1.